The van der Waals surface area contributed by atoms with E-state index >= 15 is 0 Å². The third-order valence-electron chi connectivity index (χ3n) is 3.90. The number of hydrogen-bond donors (Lipinski definition) is 1. The van der Waals surface area contributed by atoms with Crippen LogP contribution in [0.3, 0.4) is 0 Å². The average Bonchev–Trinajstić information content (AvgIpc) is 2.48. The van der Waals surface area contributed by atoms with E-state index in [9.17, 15) is 15.2 Å². The fraction of sp³-hybridized carbons (Fsp3) is 0.600. The fourth-order valence-corrected chi connectivity index (χ4v) is 3.63. The van der Waals surface area contributed by atoms with E-state index < -0.39 is 11.0 Å². The van der Waals surface area contributed by atoms with Crippen molar-refractivity contribution in [3.05, 3.63) is 39.9 Å². The molecule has 1 N–H and O–H groups in total. The van der Waals surface area contributed by atoms with Crippen LogP contribution in [0.1, 0.15) is 24.5 Å². The minimum absolute atomic E-state index is 0.0328. The molecule has 0 amide bonds. The SMILES string of the molecule is CSC[C@H]1CCCN(C[C@H](O)c2cccc([N+](=O)[O-])c2)C1. The molecule has 1 aliphatic rings. The lowest BCUT2D eigenvalue weighted by Gasteiger charge is -2.33. The summed E-state index contributed by atoms with van der Waals surface area (Å²) in [7, 11) is 0. The number of piperidine rings is 1. The predicted molar refractivity (Wildman–Crippen MR) is 85.6 cm³/mol. The van der Waals surface area contributed by atoms with Crippen LogP contribution in [0.15, 0.2) is 24.3 Å². The van der Waals surface area contributed by atoms with E-state index in [0.29, 0.717) is 18.0 Å². The second-order valence-electron chi connectivity index (χ2n) is 5.59. The molecule has 0 unspecified atom stereocenters. The van der Waals surface area contributed by atoms with Gasteiger partial charge < -0.3 is 10.0 Å². The molecule has 1 saturated heterocycles. The summed E-state index contributed by atoms with van der Waals surface area (Å²) in [4.78, 5) is 12.6. The molecule has 1 aromatic carbocycles. The van der Waals surface area contributed by atoms with E-state index in [1.807, 2.05) is 11.8 Å². The van der Waals surface area contributed by atoms with Crippen LogP contribution in [-0.2, 0) is 0 Å². The molecular formula is C15H22N2O3S. The molecule has 2 rings (SSSR count). The number of nitro groups is 1. The van der Waals surface area contributed by atoms with Gasteiger partial charge in [-0.3, -0.25) is 10.1 Å². The topological polar surface area (TPSA) is 66.6 Å². The Morgan fingerprint density at radius 2 is 2.38 bits per heavy atom. The molecule has 1 aliphatic heterocycles. The molecule has 0 aliphatic carbocycles. The maximum absolute atomic E-state index is 10.8. The van der Waals surface area contributed by atoms with Crippen LogP contribution in [0.5, 0.6) is 0 Å². The zero-order valence-corrected chi connectivity index (χ0v) is 13.1. The third kappa shape index (κ3) is 4.69. The number of aliphatic hydroxyl groups is 1. The molecule has 1 fully saturated rings. The molecule has 0 saturated carbocycles. The number of nitrogens with zero attached hydrogens (tertiary/aromatic N) is 2. The average molecular weight is 310 g/mol. The van der Waals surface area contributed by atoms with Crippen molar-refractivity contribution >= 4 is 17.4 Å². The first-order chi connectivity index (χ1) is 10.1. The van der Waals surface area contributed by atoms with E-state index in [1.54, 1.807) is 12.1 Å². The summed E-state index contributed by atoms with van der Waals surface area (Å²) in [6.45, 7) is 2.55. The van der Waals surface area contributed by atoms with E-state index in [4.69, 9.17) is 0 Å². The van der Waals surface area contributed by atoms with Gasteiger partial charge in [0.2, 0.25) is 0 Å². The molecule has 0 bridgehead atoms. The van der Waals surface area contributed by atoms with Crippen molar-refractivity contribution in [2.45, 2.75) is 18.9 Å². The number of thioether (sulfide) groups is 1. The highest BCUT2D eigenvalue weighted by molar-refractivity contribution is 7.98. The first-order valence-corrected chi connectivity index (χ1v) is 8.63. The van der Waals surface area contributed by atoms with Crippen molar-refractivity contribution in [3.63, 3.8) is 0 Å². The van der Waals surface area contributed by atoms with Crippen LogP contribution in [0.4, 0.5) is 5.69 Å². The number of benzene rings is 1. The molecule has 0 spiro atoms. The molecule has 2 atom stereocenters. The van der Waals surface area contributed by atoms with Crippen molar-refractivity contribution in [2.75, 3.05) is 31.6 Å². The summed E-state index contributed by atoms with van der Waals surface area (Å²) < 4.78 is 0. The molecule has 0 radical (unpaired) electrons. The van der Waals surface area contributed by atoms with Gasteiger partial charge in [-0.15, -0.1) is 0 Å². The number of rotatable bonds is 6. The van der Waals surface area contributed by atoms with Gasteiger partial charge in [0.1, 0.15) is 0 Å². The molecule has 5 nitrogen and oxygen atoms in total. The highest BCUT2D eigenvalue weighted by Gasteiger charge is 2.22. The van der Waals surface area contributed by atoms with Crippen LogP contribution in [0.25, 0.3) is 0 Å². The predicted octanol–water partition coefficient (Wildman–Crippen LogP) is 2.70. The van der Waals surface area contributed by atoms with E-state index in [1.165, 1.54) is 18.6 Å². The summed E-state index contributed by atoms with van der Waals surface area (Å²) in [6.07, 6.45) is 3.87. The Bertz CT molecular complexity index is 482. The van der Waals surface area contributed by atoms with Crippen molar-refractivity contribution in [1.29, 1.82) is 0 Å². The van der Waals surface area contributed by atoms with Gasteiger partial charge in [0.25, 0.3) is 5.69 Å². The Kier molecular flexibility index (Phi) is 6.02. The maximum Gasteiger partial charge on any atom is 0.269 e. The third-order valence-corrected chi connectivity index (χ3v) is 4.71. The second kappa shape index (κ2) is 7.77. The largest absolute Gasteiger partial charge is 0.387 e. The lowest BCUT2D eigenvalue weighted by atomic mass is 9.99. The molecule has 116 valence electrons. The minimum Gasteiger partial charge on any atom is -0.387 e. The molecule has 1 aromatic rings. The summed E-state index contributed by atoms with van der Waals surface area (Å²) in [5, 5.41) is 21.1. The van der Waals surface area contributed by atoms with Crippen molar-refractivity contribution in [1.82, 2.24) is 4.90 Å². The first-order valence-electron chi connectivity index (χ1n) is 7.24. The van der Waals surface area contributed by atoms with E-state index in [0.717, 1.165) is 25.3 Å². The zero-order chi connectivity index (χ0) is 15.2. The number of β-amino-alcohol motifs (C(OH)–C–C–N with tert-alkyl or cyclic N) is 1. The number of hydrogen-bond acceptors (Lipinski definition) is 5. The first kappa shape index (κ1) is 16.3. The number of nitro benzene ring substituents is 1. The summed E-state index contributed by atoms with van der Waals surface area (Å²) in [5.74, 6) is 1.84. The Balaban J connectivity index is 1.95. The van der Waals surface area contributed by atoms with Crippen molar-refractivity contribution in [3.8, 4) is 0 Å². The van der Waals surface area contributed by atoms with Crippen LogP contribution in [-0.4, -0.2) is 46.6 Å². The normalized spacial score (nSPS) is 21.1. The zero-order valence-electron chi connectivity index (χ0n) is 12.3. The molecular weight excluding hydrogens is 288 g/mol. The van der Waals surface area contributed by atoms with Gasteiger partial charge in [-0.25, -0.2) is 0 Å². The summed E-state index contributed by atoms with van der Waals surface area (Å²) in [6, 6.07) is 6.30. The summed E-state index contributed by atoms with van der Waals surface area (Å²) in [5.41, 5.74) is 0.654. The van der Waals surface area contributed by atoms with Gasteiger partial charge in [-0.1, -0.05) is 12.1 Å². The van der Waals surface area contributed by atoms with Crippen molar-refractivity contribution < 1.29 is 10.0 Å². The lowest BCUT2D eigenvalue weighted by molar-refractivity contribution is -0.385. The van der Waals surface area contributed by atoms with Gasteiger partial charge >= 0.3 is 0 Å². The van der Waals surface area contributed by atoms with Gasteiger partial charge in [0.05, 0.1) is 11.0 Å². The van der Waals surface area contributed by atoms with Crippen LogP contribution in [0, 0.1) is 16.0 Å². The minimum atomic E-state index is -0.669. The molecule has 6 heteroatoms. The Labute approximate surface area is 129 Å². The second-order valence-corrected chi connectivity index (χ2v) is 6.50. The highest BCUT2D eigenvalue weighted by atomic mass is 32.2. The van der Waals surface area contributed by atoms with E-state index in [2.05, 4.69) is 11.2 Å². The smallest absolute Gasteiger partial charge is 0.269 e. The highest BCUT2D eigenvalue weighted by Crippen LogP contribution is 2.24. The van der Waals surface area contributed by atoms with Crippen LogP contribution in [0.2, 0.25) is 0 Å². The fourth-order valence-electron chi connectivity index (χ4n) is 2.88. The van der Waals surface area contributed by atoms with Crippen molar-refractivity contribution in [2.24, 2.45) is 5.92 Å². The standard InChI is InChI=1S/C15H22N2O3S/c1-21-11-12-4-3-7-16(9-12)10-15(18)13-5-2-6-14(8-13)17(19)20/h2,5-6,8,12,15,18H,3-4,7,9-11H2,1H3/t12-,15-/m0/s1. The van der Waals surface area contributed by atoms with Crippen LogP contribution < -0.4 is 0 Å². The van der Waals surface area contributed by atoms with Gasteiger partial charge in [0.15, 0.2) is 0 Å². The van der Waals surface area contributed by atoms with E-state index in [-0.39, 0.29) is 5.69 Å². The maximum atomic E-state index is 10.8. The van der Waals surface area contributed by atoms with Gasteiger partial charge in [0, 0.05) is 25.2 Å². The summed E-state index contributed by atoms with van der Waals surface area (Å²) >= 11 is 1.87. The molecule has 0 aromatic heterocycles. The van der Waals surface area contributed by atoms with Gasteiger partial charge in [-0.2, -0.15) is 11.8 Å². The lowest BCUT2D eigenvalue weighted by Crippen LogP contribution is -2.38. The number of aliphatic hydroxyl groups excluding tert-OH is 1. The Morgan fingerprint density at radius 1 is 1.57 bits per heavy atom. The number of likely N-dealkylation sites (tertiary alicyclic amines) is 1. The van der Waals surface area contributed by atoms with Crippen LogP contribution >= 0.6 is 11.8 Å². The molecule has 1 heterocycles. The quantitative estimate of drug-likeness (QED) is 0.646. The Hall–Kier alpha value is -1.11. The number of non-ortho nitro benzene ring substituents is 1. The molecule has 21 heavy (non-hydrogen) atoms. The van der Waals surface area contributed by atoms with Gasteiger partial charge in [-0.05, 0) is 42.9 Å². The Morgan fingerprint density at radius 3 is 3.10 bits per heavy atom. The monoisotopic (exact) mass is 310 g/mol.